The van der Waals surface area contributed by atoms with Crippen molar-refractivity contribution in [2.24, 2.45) is 5.92 Å². The Morgan fingerprint density at radius 3 is 2.43 bits per heavy atom. The molecule has 3 heterocycles. The van der Waals surface area contributed by atoms with Crippen molar-refractivity contribution in [2.75, 3.05) is 0 Å². The SMILES string of the molecule is C=CC1C[C@]1(NC(=O)[C@@H]1C[C@@H](OC(=O)N2Cc3cccc(F)c3C2)[C@@H]2CCCCC[C@H](NC(=O)OC(C)(C)C)C(=O)N12)C(=O)NS(=O)(=O)C1CC1. The number of nitrogens with one attached hydrogen (secondary N) is 3. The maximum Gasteiger partial charge on any atom is 0.410 e. The summed E-state index contributed by atoms with van der Waals surface area (Å²) in [5, 5.41) is 4.74. The third-order valence-corrected chi connectivity index (χ3v) is 12.1. The number of amides is 5. The third-order valence-electron chi connectivity index (χ3n) is 10.3. The number of carbonyl (C=O) groups excluding carboxylic acids is 5. The van der Waals surface area contributed by atoms with Crippen molar-refractivity contribution >= 4 is 39.9 Å². The summed E-state index contributed by atoms with van der Waals surface area (Å²) in [6, 6.07) is 1.54. The van der Waals surface area contributed by atoms with Crippen LogP contribution in [0, 0.1) is 11.7 Å². The van der Waals surface area contributed by atoms with Crippen LogP contribution in [0.5, 0.6) is 0 Å². The Morgan fingerprint density at radius 2 is 1.78 bits per heavy atom. The molecule has 0 radical (unpaired) electrons. The zero-order chi connectivity index (χ0) is 36.9. The Kier molecular flexibility index (Phi) is 9.85. The molecule has 5 aliphatic rings. The first kappa shape index (κ1) is 36.6. The molecule has 3 aliphatic heterocycles. The van der Waals surface area contributed by atoms with Crippen molar-refractivity contribution in [3.63, 3.8) is 0 Å². The lowest BCUT2D eigenvalue weighted by molar-refractivity contribution is -0.143. The zero-order valence-electron chi connectivity index (χ0n) is 29.1. The molecule has 0 aromatic heterocycles. The number of alkyl carbamates (subject to hydrolysis) is 1. The summed E-state index contributed by atoms with van der Waals surface area (Å²) >= 11 is 0. The summed E-state index contributed by atoms with van der Waals surface area (Å²) in [4.78, 5) is 71.3. The average Bonchev–Trinajstić information content (AvgIpc) is 3.94. The van der Waals surface area contributed by atoms with Gasteiger partial charge in [0.1, 0.15) is 35.1 Å². The number of sulfonamides is 1. The van der Waals surface area contributed by atoms with Gasteiger partial charge in [-0.2, -0.15) is 0 Å². The minimum Gasteiger partial charge on any atom is -0.444 e. The summed E-state index contributed by atoms with van der Waals surface area (Å²) in [5.74, 6) is -3.19. The van der Waals surface area contributed by atoms with Crippen LogP contribution in [0.3, 0.4) is 0 Å². The Labute approximate surface area is 296 Å². The number of carbonyl (C=O) groups is 5. The van der Waals surface area contributed by atoms with Gasteiger partial charge in [-0.05, 0) is 64.5 Å². The Morgan fingerprint density at radius 1 is 1.06 bits per heavy atom. The Balaban J connectivity index is 1.27. The molecule has 2 saturated heterocycles. The van der Waals surface area contributed by atoms with Gasteiger partial charge in [0.2, 0.25) is 21.8 Å². The first-order valence-corrected chi connectivity index (χ1v) is 19.1. The normalized spacial score (nSPS) is 29.0. The van der Waals surface area contributed by atoms with Gasteiger partial charge in [-0.1, -0.05) is 37.5 Å². The maximum atomic E-state index is 14.5. The quantitative estimate of drug-likeness (QED) is 0.339. The van der Waals surface area contributed by atoms with Crippen LogP contribution in [0.4, 0.5) is 14.0 Å². The van der Waals surface area contributed by atoms with Crippen LogP contribution in [0.1, 0.15) is 89.7 Å². The molecule has 16 heteroatoms. The van der Waals surface area contributed by atoms with E-state index in [9.17, 15) is 36.8 Å². The molecule has 4 fully saturated rings. The molecule has 3 N–H and O–H groups in total. The molecule has 6 atom stereocenters. The van der Waals surface area contributed by atoms with E-state index in [0.717, 1.165) is 0 Å². The molecule has 2 aliphatic carbocycles. The summed E-state index contributed by atoms with van der Waals surface area (Å²) in [6.07, 6.45) is 2.37. The highest BCUT2D eigenvalue weighted by Crippen LogP contribution is 2.46. The first-order chi connectivity index (χ1) is 24.0. The Bertz CT molecular complexity index is 1730. The van der Waals surface area contributed by atoms with E-state index in [-0.39, 0.29) is 32.4 Å². The molecule has 0 bridgehead atoms. The lowest BCUT2D eigenvalue weighted by atomic mass is 10.0. The van der Waals surface area contributed by atoms with Crippen LogP contribution in [0.25, 0.3) is 0 Å². The van der Waals surface area contributed by atoms with Crippen LogP contribution in [0.15, 0.2) is 30.9 Å². The van der Waals surface area contributed by atoms with E-state index in [2.05, 4.69) is 21.9 Å². The van der Waals surface area contributed by atoms with Crippen LogP contribution in [-0.2, 0) is 47.0 Å². The molecular weight excluding hydrogens is 685 g/mol. The largest absolute Gasteiger partial charge is 0.444 e. The molecule has 51 heavy (non-hydrogen) atoms. The van der Waals surface area contributed by atoms with E-state index in [1.54, 1.807) is 32.9 Å². The molecule has 6 rings (SSSR count). The van der Waals surface area contributed by atoms with Crippen molar-refractivity contribution in [2.45, 2.75) is 132 Å². The van der Waals surface area contributed by atoms with E-state index in [1.165, 1.54) is 21.9 Å². The standard InChI is InChI=1S/C35H46FN5O9S/c1-5-21-17-35(21,31(44)39-51(47,48)22-14-15-22)38-29(42)27-16-28(49-33(46)40-18-20-10-9-11-24(36)23(20)19-40)26-13-8-6-7-12-25(30(43)41(26)27)37-32(45)50-34(2,3)4/h5,9-11,21-22,25-28H,1,6-8,12-19H2,2-4H3,(H,37,45)(H,38,42)(H,39,44)/t21?,25-,26-,27-,28+,35+/m0/s1. The molecule has 1 unspecified atom stereocenters. The minimum atomic E-state index is -3.93. The number of rotatable bonds is 8. The number of ether oxygens (including phenoxy) is 2. The fourth-order valence-corrected chi connectivity index (χ4v) is 8.77. The fourth-order valence-electron chi connectivity index (χ4n) is 7.40. The van der Waals surface area contributed by atoms with Gasteiger partial charge in [0.05, 0.1) is 17.8 Å². The van der Waals surface area contributed by atoms with E-state index < -0.39 is 92.3 Å². The van der Waals surface area contributed by atoms with E-state index in [0.29, 0.717) is 49.7 Å². The van der Waals surface area contributed by atoms with E-state index in [4.69, 9.17) is 9.47 Å². The van der Waals surface area contributed by atoms with Crippen LogP contribution in [-0.4, -0.2) is 88.7 Å². The monoisotopic (exact) mass is 731 g/mol. The fraction of sp³-hybridized carbons (Fsp3) is 0.629. The van der Waals surface area contributed by atoms with Crippen molar-refractivity contribution in [1.82, 2.24) is 25.2 Å². The highest BCUT2D eigenvalue weighted by Gasteiger charge is 2.62. The van der Waals surface area contributed by atoms with Gasteiger partial charge >= 0.3 is 12.2 Å². The molecular formula is C35H46FN5O9S. The van der Waals surface area contributed by atoms with Gasteiger partial charge < -0.3 is 25.0 Å². The Hall–Kier alpha value is -4.21. The molecule has 1 aromatic carbocycles. The second kappa shape index (κ2) is 13.7. The second-order valence-corrected chi connectivity index (χ2v) is 17.2. The highest BCUT2D eigenvalue weighted by atomic mass is 32.2. The molecule has 0 spiro atoms. The van der Waals surface area contributed by atoms with Gasteiger partial charge in [-0.15, -0.1) is 6.58 Å². The van der Waals surface area contributed by atoms with Gasteiger partial charge in [0.15, 0.2) is 0 Å². The number of nitrogens with zero attached hydrogens (tertiary/aromatic N) is 2. The predicted molar refractivity (Wildman–Crippen MR) is 180 cm³/mol. The van der Waals surface area contributed by atoms with Crippen molar-refractivity contribution in [3.8, 4) is 0 Å². The number of halogens is 1. The molecule has 278 valence electrons. The van der Waals surface area contributed by atoms with E-state index >= 15 is 0 Å². The summed E-state index contributed by atoms with van der Waals surface area (Å²) in [7, 11) is -3.93. The first-order valence-electron chi connectivity index (χ1n) is 17.6. The molecule has 14 nitrogen and oxygen atoms in total. The van der Waals surface area contributed by atoms with Gasteiger partial charge in [0, 0.05) is 24.4 Å². The second-order valence-electron chi connectivity index (χ2n) is 15.2. The van der Waals surface area contributed by atoms with Gasteiger partial charge in [-0.3, -0.25) is 24.0 Å². The molecule has 2 saturated carbocycles. The number of hydrogen-bond acceptors (Lipinski definition) is 9. The smallest absolute Gasteiger partial charge is 0.410 e. The van der Waals surface area contributed by atoms with Crippen molar-refractivity contribution in [3.05, 3.63) is 47.8 Å². The van der Waals surface area contributed by atoms with Gasteiger partial charge in [-0.25, -0.2) is 22.4 Å². The predicted octanol–water partition coefficient (Wildman–Crippen LogP) is 3.14. The van der Waals surface area contributed by atoms with Crippen LogP contribution in [0.2, 0.25) is 0 Å². The van der Waals surface area contributed by atoms with Crippen LogP contribution < -0.4 is 15.4 Å². The van der Waals surface area contributed by atoms with E-state index in [1.807, 2.05) is 0 Å². The number of benzene rings is 1. The average molecular weight is 732 g/mol. The van der Waals surface area contributed by atoms with Crippen molar-refractivity contribution < 1.29 is 46.3 Å². The summed E-state index contributed by atoms with van der Waals surface area (Å²) in [5.41, 5.74) is -1.40. The summed E-state index contributed by atoms with van der Waals surface area (Å²) < 4.78 is 53.4. The maximum absolute atomic E-state index is 14.5. The third kappa shape index (κ3) is 7.70. The van der Waals surface area contributed by atoms with Crippen molar-refractivity contribution in [1.29, 1.82) is 0 Å². The zero-order valence-corrected chi connectivity index (χ0v) is 29.9. The van der Waals surface area contributed by atoms with Crippen LogP contribution >= 0.6 is 0 Å². The lowest BCUT2D eigenvalue weighted by Gasteiger charge is -2.34. The lowest BCUT2D eigenvalue weighted by Crippen LogP contribution is -2.59. The van der Waals surface area contributed by atoms with Gasteiger partial charge in [0.25, 0.3) is 5.91 Å². The topological polar surface area (TPSA) is 181 Å². The molecule has 5 amide bonds. The molecule has 1 aromatic rings. The minimum absolute atomic E-state index is 0.00297. The number of hydrogen-bond donors (Lipinski definition) is 3. The summed E-state index contributed by atoms with van der Waals surface area (Å²) in [6.45, 7) is 8.94. The number of fused-ring (bicyclic) bond motifs is 2. The highest BCUT2D eigenvalue weighted by molar-refractivity contribution is 7.91.